The van der Waals surface area contributed by atoms with Gasteiger partial charge < -0.3 is 4.90 Å². The van der Waals surface area contributed by atoms with Crippen molar-refractivity contribution in [1.29, 1.82) is 0 Å². The van der Waals surface area contributed by atoms with Gasteiger partial charge >= 0.3 is 0 Å². The Morgan fingerprint density at radius 1 is 1.19 bits per heavy atom. The van der Waals surface area contributed by atoms with E-state index in [-0.39, 0.29) is 34.5 Å². The van der Waals surface area contributed by atoms with Gasteiger partial charge in [0, 0.05) is 17.4 Å². The number of rotatable bonds is 4. The predicted molar refractivity (Wildman–Crippen MR) is 106 cm³/mol. The van der Waals surface area contributed by atoms with Gasteiger partial charge in [-0.3, -0.25) is 4.79 Å². The molecule has 0 radical (unpaired) electrons. The molecule has 146 valence electrons. The highest BCUT2D eigenvalue weighted by molar-refractivity contribution is 8.16. The predicted octanol–water partition coefficient (Wildman–Crippen LogP) is 3.40. The summed E-state index contributed by atoms with van der Waals surface area (Å²) in [7, 11) is -3.10. The number of hydrogen-bond acceptors (Lipinski definition) is 4. The summed E-state index contributed by atoms with van der Waals surface area (Å²) in [5.74, 6) is 0.252. The average Bonchev–Trinajstić information content (AvgIpc) is 3.29. The first-order valence-electron chi connectivity index (χ1n) is 9.45. The molecule has 1 aromatic carbocycles. The molecule has 0 bridgehead atoms. The number of halogens is 1. The third-order valence-corrected chi connectivity index (χ3v) is 8.84. The van der Waals surface area contributed by atoms with Crippen LogP contribution in [0.3, 0.4) is 0 Å². The number of carbonyl (C=O) groups excluding carboxylic acids is 1. The average molecular weight is 411 g/mol. The van der Waals surface area contributed by atoms with Crippen LogP contribution in [0, 0.1) is 11.7 Å². The molecule has 0 N–H and O–H groups in total. The number of carbonyl (C=O) groups is 1. The van der Waals surface area contributed by atoms with Crippen LogP contribution in [-0.4, -0.2) is 42.3 Å². The molecule has 2 aliphatic heterocycles. The van der Waals surface area contributed by atoms with E-state index in [9.17, 15) is 17.6 Å². The molecule has 1 saturated carbocycles. The number of anilines is 1. The molecular weight excluding hydrogens is 387 g/mol. The van der Waals surface area contributed by atoms with Crippen molar-refractivity contribution < 1.29 is 17.6 Å². The maximum atomic E-state index is 13.3. The summed E-state index contributed by atoms with van der Waals surface area (Å²) in [6.45, 7) is 0. The fraction of sp³-hybridized carbons (Fsp3) is 0.579. The van der Waals surface area contributed by atoms with Gasteiger partial charge in [0.05, 0.1) is 17.5 Å². The number of nitrogens with zero attached hydrogens (tertiary/aromatic N) is 2. The molecule has 3 aliphatic rings. The monoisotopic (exact) mass is 410 g/mol. The second-order valence-corrected chi connectivity index (χ2v) is 11.0. The number of aliphatic imine (C=N–C) groups is 1. The van der Waals surface area contributed by atoms with Crippen molar-refractivity contribution >= 4 is 38.4 Å². The van der Waals surface area contributed by atoms with Crippen LogP contribution in [0.15, 0.2) is 29.3 Å². The Morgan fingerprint density at radius 2 is 1.89 bits per heavy atom. The second-order valence-electron chi connectivity index (χ2n) is 7.62. The molecule has 0 aromatic heterocycles. The Bertz CT molecular complexity index is 848. The highest BCUT2D eigenvalue weighted by atomic mass is 32.2. The van der Waals surface area contributed by atoms with Gasteiger partial charge in [-0.25, -0.2) is 12.8 Å². The Balaban J connectivity index is 1.54. The normalized spacial score (nSPS) is 28.8. The van der Waals surface area contributed by atoms with Crippen molar-refractivity contribution in [3.8, 4) is 0 Å². The van der Waals surface area contributed by atoms with Gasteiger partial charge in [-0.05, 0) is 36.6 Å². The Labute approximate surface area is 163 Å². The standard InChI is InChI=1S/C19H23FN2O3S2/c20-14-6-8-15(9-7-14)22-16-11-27(24,25)12-17(16)26-19(22)21-18(23)10-5-13-3-1-2-4-13/h6-9,13,16-17H,1-5,10-12H2/t16-,17+/m0/s1. The zero-order valence-electron chi connectivity index (χ0n) is 15.0. The summed E-state index contributed by atoms with van der Waals surface area (Å²) >= 11 is 1.36. The number of benzene rings is 1. The summed E-state index contributed by atoms with van der Waals surface area (Å²) < 4.78 is 37.4. The molecule has 4 rings (SSSR count). The third-order valence-electron chi connectivity index (χ3n) is 5.63. The minimum absolute atomic E-state index is 0.0390. The Morgan fingerprint density at radius 3 is 2.59 bits per heavy atom. The van der Waals surface area contributed by atoms with Crippen LogP contribution in [0.2, 0.25) is 0 Å². The molecule has 8 heteroatoms. The van der Waals surface area contributed by atoms with E-state index >= 15 is 0 Å². The minimum Gasteiger partial charge on any atom is -0.316 e. The fourth-order valence-corrected chi connectivity index (χ4v) is 8.19. The molecule has 1 amide bonds. The van der Waals surface area contributed by atoms with Crippen LogP contribution in [0.5, 0.6) is 0 Å². The first-order chi connectivity index (χ1) is 12.9. The van der Waals surface area contributed by atoms with E-state index in [4.69, 9.17) is 0 Å². The van der Waals surface area contributed by atoms with Crippen LogP contribution in [0.1, 0.15) is 38.5 Å². The van der Waals surface area contributed by atoms with Crippen molar-refractivity contribution in [3.05, 3.63) is 30.1 Å². The zero-order chi connectivity index (χ0) is 19.0. The van der Waals surface area contributed by atoms with E-state index < -0.39 is 9.84 Å². The lowest BCUT2D eigenvalue weighted by molar-refractivity contribution is -0.118. The molecule has 2 saturated heterocycles. The highest BCUT2D eigenvalue weighted by Crippen LogP contribution is 2.41. The van der Waals surface area contributed by atoms with Crippen molar-refractivity contribution in [3.63, 3.8) is 0 Å². The zero-order valence-corrected chi connectivity index (χ0v) is 16.6. The first-order valence-corrected chi connectivity index (χ1v) is 12.1. The lowest BCUT2D eigenvalue weighted by Gasteiger charge is -2.24. The first kappa shape index (κ1) is 18.9. The molecule has 2 heterocycles. The second kappa shape index (κ2) is 7.54. The van der Waals surface area contributed by atoms with Crippen molar-refractivity contribution in [2.24, 2.45) is 10.9 Å². The number of fused-ring (bicyclic) bond motifs is 1. The number of thioether (sulfide) groups is 1. The maximum absolute atomic E-state index is 13.3. The Hall–Kier alpha value is -1.41. The number of amidine groups is 1. The van der Waals surface area contributed by atoms with Crippen LogP contribution in [-0.2, 0) is 14.6 Å². The molecule has 3 fully saturated rings. The number of hydrogen-bond donors (Lipinski definition) is 0. The van der Waals surface area contributed by atoms with E-state index in [0.717, 1.165) is 6.42 Å². The molecule has 27 heavy (non-hydrogen) atoms. The molecule has 0 spiro atoms. The van der Waals surface area contributed by atoms with Gasteiger partial charge in [0.25, 0.3) is 0 Å². The van der Waals surface area contributed by atoms with Crippen LogP contribution in [0.4, 0.5) is 10.1 Å². The highest BCUT2D eigenvalue weighted by Gasteiger charge is 2.49. The largest absolute Gasteiger partial charge is 0.316 e. The van der Waals surface area contributed by atoms with E-state index in [2.05, 4.69) is 4.99 Å². The molecule has 1 aliphatic carbocycles. The summed E-state index contributed by atoms with van der Waals surface area (Å²) in [6.07, 6.45) is 6.20. The summed E-state index contributed by atoms with van der Waals surface area (Å²) in [4.78, 5) is 18.6. The van der Waals surface area contributed by atoms with Crippen molar-refractivity contribution in [1.82, 2.24) is 0 Å². The summed E-state index contributed by atoms with van der Waals surface area (Å²) in [6, 6.07) is 5.66. The van der Waals surface area contributed by atoms with Crippen molar-refractivity contribution in [2.75, 3.05) is 16.4 Å². The van der Waals surface area contributed by atoms with E-state index in [1.807, 2.05) is 4.90 Å². The van der Waals surface area contributed by atoms with Crippen LogP contribution < -0.4 is 4.90 Å². The van der Waals surface area contributed by atoms with E-state index in [1.54, 1.807) is 12.1 Å². The molecule has 1 aromatic rings. The quantitative estimate of drug-likeness (QED) is 0.761. The van der Waals surface area contributed by atoms with Crippen LogP contribution >= 0.6 is 11.8 Å². The van der Waals surface area contributed by atoms with Gasteiger partial charge in [-0.2, -0.15) is 4.99 Å². The lowest BCUT2D eigenvalue weighted by Crippen LogP contribution is -2.37. The van der Waals surface area contributed by atoms with Gasteiger partial charge in [0.1, 0.15) is 5.82 Å². The lowest BCUT2D eigenvalue weighted by atomic mass is 10.0. The van der Waals surface area contributed by atoms with Crippen molar-refractivity contribution in [2.45, 2.75) is 49.8 Å². The number of sulfone groups is 1. The van der Waals surface area contributed by atoms with Gasteiger partial charge in [-0.15, -0.1) is 0 Å². The van der Waals surface area contributed by atoms with Gasteiger partial charge in [0.15, 0.2) is 15.0 Å². The molecule has 5 nitrogen and oxygen atoms in total. The van der Waals surface area contributed by atoms with E-state index in [0.29, 0.717) is 23.2 Å². The van der Waals surface area contributed by atoms with Gasteiger partial charge in [-0.1, -0.05) is 37.4 Å². The number of amides is 1. The Kier molecular flexibility index (Phi) is 5.29. The molecular formula is C19H23FN2O3S2. The summed E-state index contributed by atoms with van der Waals surface area (Å²) in [5.41, 5.74) is 0.677. The smallest absolute Gasteiger partial charge is 0.248 e. The third kappa shape index (κ3) is 4.21. The SMILES string of the molecule is O=C(CCC1CCCC1)N=C1S[C@@H]2CS(=O)(=O)C[C@@H]2N1c1ccc(F)cc1. The maximum Gasteiger partial charge on any atom is 0.248 e. The van der Waals surface area contributed by atoms with Crippen LogP contribution in [0.25, 0.3) is 0 Å². The molecule has 2 atom stereocenters. The fourth-order valence-electron chi connectivity index (χ4n) is 4.26. The summed E-state index contributed by atoms with van der Waals surface area (Å²) in [5, 5.41) is 0.407. The van der Waals surface area contributed by atoms with Gasteiger partial charge in [0.2, 0.25) is 5.91 Å². The van der Waals surface area contributed by atoms with E-state index in [1.165, 1.54) is 49.6 Å². The molecule has 0 unspecified atom stereocenters. The topological polar surface area (TPSA) is 66.8 Å². The minimum atomic E-state index is -3.10.